The van der Waals surface area contributed by atoms with Crippen molar-refractivity contribution in [2.45, 2.75) is 13.8 Å². The van der Waals surface area contributed by atoms with Crippen LogP contribution in [0.5, 0.6) is 0 Å². The van der Waals surface area contributed by atoms with E-state index in [1.807, 2.05) is 43.0 Å². The van der Waals surface area contributed by atoms with Gasteiger partial charge < -0.3 is 9.80 Å². The van der Waals surface area contributed by atoms with Crippen molar-refractivity contribution in [3.8, 4) is 0 Å². The Morgan fingerprint density at radius 1 is 1.04 bits per heavy atom. The summed E-state index contributed by atoms with van der Waals surface area (Å²) in [7, 11) is 0. The molecule has 4 rings (SSSR count). The minimum Gasteiger partial charge on any atom is -0.353 e. The van der Waals surface area contributed by atoms with Gasteiger partial charge in [0.1, 0.15) is 11.5 Å². The first-order valence-electron chi connectivity index (χ1n) is 8.42. The highest BCUT2D eigenvalue weighted by Gasteiger charge is 2.24. The van der Waals surface area contributed by atoms with Gasteiger partial charge in [-0.2, -0.15) is 5.10 Å². The van der Waals surface area contributed by atoms with Crippen molar-refractivity contribution in [1.29, 1.82) is 0 Å². The molecular formula is C18H20N6O. The van der Waals surface area contributed by atoms with Crippen LogP contribution < -0.4 is 4.90 Å². The van der Waals surface area contributed by atoms with E-state index in [9.17, 15) is 4.79 Å². The molecule has 1 aliphatic rings. The zero-order valence-electron chi connectivity index (χ0n) is 14.4. The lowest BCUT2D eigenvalue weighted by Gasteiger charge is -2.35. The van der Waals surface area contributed by atoms with Crippen molar-refractivity contribution in [3.63, 3.8) is 0 Å². The number of piperazine rings is 1. The van der Waals surface area contributed by atoms with E-state index in [-0.39, 0.29) is 5.91 Å². The van der Waals surface area contributed by atoms with E-state index in [2.05, 4.69) is 20.0 Å². The highest BCUT2D eigenvalue weighted by molar-refractivity contribution is 5.92. The van der Waals surface area contributed by atoms with Crippen molar-refractivity contribution in [2.75, 3.05) is 31.1 Å². The summed E-state index contributed by atoms with van der Waals surface area (Å²) in [5.41, 5.74) is 3.12. The molecular weight excluding hydrogens is 316 g/mol. The van der Waals surface area contributed by atoms with Crippen molar-refractivity contribution in [1.82, 2.24) is 24.5 Å². The maximum atomic E-state index is 12.8. The van der Waals surface area contributed by atoms with Crippen LogP contribution in [0, 0.1) is 13.8 Å². The Hall–Kier alpha value is -2.96. The Kier molecular flexibility index (Phi) is 3.83. The van der Waals surface area contributed by atoms with E-state index >= 15 is 0 Å². The van der Waals surface area contributed by atoms with Gasteiger partial charge in [0.25, 0.3) is 5.91 Å². The first-order valence-corrected chi connectivity index (χ1v) is 8.42. The topological polar surface area (TPSA) is 66.6 Å². The first kappa shape index (κ1) is 15.6. The second kappa shape index (κ2) is 6.16. The Morgan fingerprint density at radius 3 is 2.56 bits per heavy atom. The summed E-state index contributed by atoms with van der Waals surface area (Å²) in [6.07, 6.45) is 1.79. The normalized spacial score (nSPS) is 15.0. The monoisotopic (exact) mass is 336 g/mol. The van der Waals surface area contributed by atoms with Gasteiger partial charge in [-0.05, 0) is 38.1 Å². The van der Waals surface area contributed by atoms with E-state index in [0.29, 0.717) is 18.8 Å². The first-order chi connectivity index (χ1) is 12.1. The van der Waals surface area contributed by atoms with Crippen molar-refractivity contribution >= 4 is 17.4 Å². The van der Waals surface area contributed by atoms with Gasteiger partial charge >= 0.3 is 0 Å². The Morgan fingerprint density at radius 2 is 1.84 bits per heavy atom. The van der Waals surface area contributed by atoms with E-state index < -0.39 is 0 Å². The van der Waals surface area contributed by atoms with Gasteiger partial charge in [0.15, 0.2) is 5.65 Å². The number of carbonyl (C=O) groups excluding carboxylic acids is 1. The van der Waals surface area contributed by atoms with Crippen molar-refractivity contribution < 1.29 is 4.79 Å². The third-order valence-electron chi connectivity index (χ3n) is 4.70. The molecule has 1 fully saturated rings. The molecule has 3 aromatic heterocycles. The van der Waals surface area contributed by atoms with Crippen LogP contribution in [-0.4, -0.2) is 56.6 Å². The van der Waals surface area contributed by atoms with Gasteiger partial charge in [0, 0.05) is 32.4 Å². The van der Waals surface area contributed by atoms with Crippen LogP contribution in [0.1, 0.15) is 21.9 Å². The maximum Gasteiger partial charge on any atom is 0.274 e. The van der Waals surface area contributed by atoms with Gasteiger partial charge in [-0.25, -0.2) is 14.5 Å². The van der Waals surface area contributed by atoms with E-state index in [4.69, 9.17) is 0 Å². The van der Waals surface area contributed by atoms with E-state index in [0.717, 1.165) is 35.9 Å². The summed E-state index contributed by atoms with van der Waals surface area (Å²) >= 11 is 0. The fourth-order valence-corrected chi connectivity index (χ4v) is 3.11. The highest BCUT2D eigenvalue weighted by Crippen LogP contribution is 2.15. The molecule has 0 spiro atoms. The van der Waals surface area contributed by atoms with Crippen LogP contribution >= 0.6 is 0 Å². The summed E-state index contributed by atoms with van der Waals surface area (Å²) in [5.74, 6) is 0.923. The predicted octanol–water partition coefficient (Wildman–Crippen LogP) is 1.70. The molecule has 0 atom stereocenters. The minimum atomic E-state index is -0.0340. The lowest BCUT2D eigenvalue weighted by atomic mass is 10.2. The summed E-state index contributed by atoms with van der Waals surface area (Å²) in [6, 6.07) is 9.50. The summed E-state index contributed by atoms with van der Waals surface area (Å²) in [5, 5.41) is 4.48. The molecule has 0 unspecified atom stereocenters. The van der Waals surface area contributed by atoms with Crippen LogP contribution in [-0.2, 0) is 0 Å². The van der Waals surface area contributed by atoms with Gasteiger partial charge in [-0.1, -0.05) is 6.07 Å². The number of fused-ring (bicyclic) bond motifs is 1. The Balaban J connectivity index is 1.50. The van der Waals surface area contributed by atoms with Crippen molar-refractivity contribution in [2.24, 2.45) is 0 Å². The second-order valence-electron chi connectivity index (χ2n) is 6.24. The lowest BCUT2D eigenvalue weighted by Crippen LogP contribution is -2.49. The third-order valence-corrected chi connectivity index (χ3v) is 4.70. The SMILES string of the molecule is Cc1nc2ccc(C(=O)N3CCN(c4ccccn4)CC3)nn2c1C. The number of amides is 1. The molecule has 4 heterocycles. The number of hydrogen-bond acceptors (Lipinski definition) is 5. The molecule has 0 saturated carbocycles. The summed E-state index contributed by atoms with van der Waals surface area (Å²) in [4.78, 5) is 25.7. The quantitative estimate of drug-likeness (QED) is 0.713. The number of carbonyl (C=O) groups is 1. The molecule has 1 amide bonds. The molecule has 1 aliphatic heterocycles. The molecule has 0 aromatic carbocycles. The van der Waals surface area contributed by atoms with Crippen LogP contribution in [0.3, 0.4) is 0 Å². The molecule has 0 N–H and O–H groups in total. The molecule has 0 aliphatic carbocycles. The largest absolute Gasteiger partial charge is 0.353 e. The van der Waals surface area contributed by atoms with Crippen molar-refractivity contribution in [3.05, 3.63) is 53.6 Å². The summed E-state index contributed by atoms with van der Waals surface area (Å²) < 4.78 is 1.74. The molecule has 128 valence electrons. The number of hydrogen-bond donors (Lipinski definition) is 0. The second-order valence-corrected chi connectivity index (χ2v) is 6.24. The van der Waals surface area contributed by atoms with Crippen LogP contribution in [0.4, 0.5) is 5.82 Å². The van der Waals surface area contributed by atoms with Gasteiger partial charge in [0.05, 0.1) is 11.4 Å². The lowest BCUT2D eigenvalue weighted by molar-refractivity contribution is 0.0739. The minimum absolute atomic E-state index is 0.0340. The smallest absolute Gasteiger partial charge is 0.274 e. The zero-order valence-corrected chi connectivity index (χ0v) is 14.4. The molecule has 1 saturated heterocycles. The standard InChI is InChI=1S/C18H20N6O/c1-13-14(2)24-17(20-13)7-6-15(21-24)18(25)23-11-9-22(10-12-23)16-5-3-4-8-19-16/h3-8H,9-12H2,1-2H3. The number of anilines is 1. The van der Waals surface area contributed by atoms with Gasteiger partial charge in [-0.15, -0.1) is 0 Å². The van der Waals surface area contributed by atoms with Crippen LogP contribution in [0.15, 0.2) is 36.5 Å². The fourth-order valence-electron chi connectivity index (χ4n) is 3.11. The third kappa shape index (κ3) is 2.82. The number of aryl methyl sites for hydroxylation is 2. The van der Waals surface area contributed by atoms with Crippen LogP contribution in [0.2, 0.25) is 0 Å². The molecule has 3 aromatic rings. The fraction of sp³-hybridized carbons (Fsp3) is 0.333. The average molecular weight is 336 g/mol. The number of rotatable bonds is 2. The molecule has 7 heteroatoms. The van der Waals surface area contributed by atoms with E-state index in [1.54, 1.807) is 16.8 Å². The molecule has 25 heavy (non-hydrogen) atoms. The number of nitrogens with zero attached hydrogens (tertiary/aromatic N) is 6. The highest BCUT2D eigenvalue weighted by atomic mass is 16.2. The summed E-state index contributed by atoms with van der Waals surface area (Å²) in [6.45, 7) is 6.78. The molecule has 0 radical (unpaired) electrons. The zero-order chi connectivity index (χ0) is 17.4. The predicted molar refractivity (Wildman–Crippen MR) is 94.8 cm³/mol. The van der Waals surface area contributed by atoms with Gasteiger partial charge in [0.2, 0.25) is 0 Å². The number of imidazole rings is 1. The Bertz CT molecular complexity index is 912. The van der Waals surface area contributed by atoms with E-state index in [1.165, 1.54) is 0 Å². The Labute approximate surface area is 145 Å². The molecule has 0 bridgehead atoms. The average Bonchev–Trinajstić information content (AvgIpc) is 2.95. The maximum absolute atomic E-state index is 12.8. The number of aromatic nitrogens is 4. The number of pyridine rings is 1. The van der Waals surface area contributed by atoms with Gasteiger partial charge in [-0.3, -0.25) is 4.79 Å². The van der Waals surface area contributed by atoms with Crippen LogP contribution in [0.25, 0.3) is 5.65 Å². The molecule has 7 nitrogen and oxygen atoms in total.